The zero-order valence-electron chi connectivity index (χ0n) is 8.94. The van der Waals surface area contributed by atoms with Crippen LogP contribution in [0.25, 0.3) is 0 Å². The Bertz CT molecular complexity index is 341. The summed E-state index contributed by atoms with van der Waals surface area (Å²) in [6.07, 6.45) is 1.71. The second-order valence-corrected chi connectivity index (χ2v) is 4.46. The fraction of sp³-hybridized carbons (Fsp3) is 0.333. The summed E-state index contributed by atoms with van der Waals surface area (Å²) in [5.74, 6) is 0.983. The number of thiophene rings is 1. The topological polar surface area (TPSA) is 25.2 Å². The third-order valence-electron chi connectivity index (χ3n) is 2.51. The molecule has 0 amide bonds. The molecule has 1 unspecified atom stereocenters. The van der Waals surface area contributed by atoms with Crippen LogP contribution in [0.2, 0.25) is 0 Å². The van der Waals surface area contributed by atoms with Crippen LogP contribution in [0.1, 0.15) is 37.3 Å². The Balaban J connectivity index is 1.98. The van der Waals surface area contributed by atoms with Gasteiger partial charge in [-0.15, -0.1) is 0 Å². The fourth-order valence-electron chi connectivity index (χ4n) is 1.61. The minimum Gasteiger partial charge on any atom is -0.468 e. The molecule has 2 heterocycles. The van der Waals surface area contributed by atoms with Gasteiger partial charge in [0.1, 0.15) is 5.76 Å². The van der Waals surface area contributed by atoms with Gasteiger partial charge in [0.2, 0.25) is 0 Å². The fourth-order valence-corrected chi connectivity index (χ4v) is 2.37. The summed E-state index contributed by atoms with van der Waals surface area (Å²) in [7, 11) is 0. The van der Waals surface area contributed by atoms with E-state index in [2.05, 4.69) is 36.0 Å². The maximum atomic E-state index is 5.35. The molecule has 80 valence electrons. The first-order valence-electron chi connectivity index (χ1n) is 5.09. The number of hydrogen-bond donors (Lipinski definition) is 1. The van der Waals surface area contributed by atoms with Crippen molar-refractivity contribution in [2.45, 2.75) is 25.9 Å². The standard InChI is InChI=1S/C12H15NOS/c1-9(11-5-7-15-8-11)13-10(2)12-4-3-6-14-12/h3-10,13H,1-2H3/t9?,10-/m0/s1. The molecule has 2 aromatic rings. The molecule has 0 bridgehead atoms. The van der Waals surface area contributed by atoms with Gasteiger partial charge in [0, 0.05) is 6.04 Å². The summed E-state index contributed by atoms with van der Waals surface area (Å²) < 4.78 is 5.35. The lowest BCUT2D eigenvalue weighted by Crippen LogP contribution is -2.21. The van der Waals surface area contributed by atoms with E-state index in [-0.39, 0.29) is 6.04 Å². The monoisotopic (exact) mass is 221 g/mol. The van der Waals surface area contributed by atoms with Crippen molar-refractivity contribution in [3.8, 4) is 0 Å². The molecule has 2 aromatic heterocycles. The molecule has 0 saturated carbocycles. The van der Waals surface area contributed by atoms with Gasteiger partial charge in [0.05, 0.1) is 12.3 Å². The van der Waals surface area contributed by atoms with E-state index >= 15 is 0 Å². The van der Waals surface area contributed by atoms with Gasteiger partial charge in [-0.05, 0) is 48.4 Å². The van der Waals surface area contributed by atoms with Crippen LogP contribution >= 0.6 is 11.3 Å². The summed E-state index contributed by atoms with van der Waals surface area (Å²) in [6, 6.07) is 6.67. The molecule has 2 rings (SSSR count). The van der Waals surface area contributed by atoms with E-state index in [0.29, 0.717) is 6.04 Å². The SMILES string of the molecule is CC(N[C@@H](C)c1ccco1)c1ccsc1. The number of furan rings is 1. The largest absolute Gasteiger partial charge is 0.468 e. The Labute approximate surface area is 93.9 Å². The molecule has 0 aromatic carbocycles. The molecule has 1 N–H and O–H groups in total. The zero-order valence-corrected chi connectivity index (χ0v) is 9.75. The normalized spacial score (nSPS) is 15.1. The van der Waals surface area contributed by atoms with Crippen molar-refractivity contribution in [2.24, 2.45) is 0 Å². The molecule has 0 aliphatic heterocycles. The molecule has 0 radical (unpaired) electrons. The zero-order chi connectivity index (χ0) is 10.7. The van der Waals surface area contributed by atoms with Crippen LogP contribution in [0.15, 0.2) is 39.6 Å². The first kappa shape index (κ1) is 10.5. The Kier molecular flexibility index (Phi) is 3.23. The lowest BCUT2D eigenvalue weighted by molar-refractivity contribution is 0.403. The van der Waals surface area contributed by atoms with E-state index in [1.54, 1.807) is 17.6 Å². The lowest BCUT2D eigenvalue weighted by Gasteiger charge is -2.17. The highest BCUT2D eigenvalue weighted by atomic mass is 32.1. The van der Waals surface area contributed by atoms with Gasteiger partial charge in [-0.3, -0.25) is 0 Å². The van der Waals surface area contributed by atoms with Gasteiger partial charge in [-0.1, -0.05) is 0 Å². The second-order valence-electron chi connectivity index (χ2n) is 3.68. The minimum atomic E-state index is 0.245. The van der Waals surface area contributed by atoms with Crippen LogP contribution < -0.4 is 5.32 Å². The smallest absolute Gasteiger partial charge is 0.120 e. The summed E-state index contributed by atoms with van der Waals surface area (Å²) in [5, 5.41) is 7.77. The quantitative estimate of drug-likeness (QED) is 0.850. The Morgan fingerprint density at radius 1 is 1.27 bits per heavy atom. The maximum absolute atomic E-state index is 5.35. The molecule has 0 aliphatic carbocycles. The summed E-state index contributed by atoms with van der Waals surface area (Å²) in [5.41, 5.74) is 1.33. The van der Waals surface area contributed by atoms with Crippen LogP contribution in [0, 0.1) is 0 Å². The van der Waals surface area contributed by atoms with Gasteiger partial charge in [0.15, 0.2) is 0 Å². The predicted octanol–water partition coefficient (Wildman–Crippen LogP) is 3.75. The van der Waals surface area contributed by atoms with Crippen LogP contribution in [-0.2, 0) is 0 Å². The average Bonchev–Trinajstić information content (AvgIpc) is 2.91. The Morgan fingerprint density at radius 3 is 2.73 bits per heavy atom. The second kappa shape index (κ2) is 4.64. The molecule has 0 fully saturated rings. The van der Waals surface area contributed by atoms with Crippen molar-refractivity contribution < 1.29 is 4.42 Å². The van der Waals surface area contributed by atoms with Crippen LogP contribution in [0.3, 0.4) is 0 Å². The molecule has 0 saturated heterocycles. The minimum absolute atomic E-state index is 0.245. The highest BCUT2D eigenvalue weighted by molar-refractivity contribution is 7.07. The lowest BCUT2D eigenvalue weighted by atomic mass is 10.1. The van der Waals surface area contributed by atoms with Crippen LogP contribution in [0.4, 0.5) is 0 Å². The van der Waals surface area contributed by atoms with Gasteiger partial charge in [-0.25, -0.2) is 0 Å². The van der Waals surface area contributed by atoms with E-state index in [0.717, 1.165) is 5.76 Å². The summed E-state index contributed by atoms with van der Waals surface area (Å²) in [6.45, 7) is 4.28. The van der Waals surface area contributed by atoms with Crippen LogP contribution in [0.5, 0.6) is 0 Å². The van der Waals surface area contributed by atoms with Crippen molar-refractivity contribution in [2.75, 3.05) is 0 Å². The van der Waals surface area contributed by atoms with Crippen LogP contribution in [-0.4, -0.2) is 0 Å². The molecule has 0 spiro atoms. The van der Waals surface area contributed by atoms with Gasteiger partial charge in [-0.2, -0.15) is 11.3 Å². The van der Waals surface area contributed by atoms with E-state index in [4.69, 9.17) is 4.42 Å². The third-order valence-corrected chi connectivity index (χ3v) is 3.21. The number of nitrogens with one attached hydrogen (secondary N) is 1. The maximum Gasteiger partial charge on any atom is 0.120 e. The summed E-state index contributed by atoms with van der Waals surface area (Å²) in [4.78, 5) is 0. The first-order valence-corrected chi connectivity index (χ1v) is 6.03. The van der Waals surface area contributed by atoms with E-state index in [1.807, 2.05) is 12.1 Å². The molecular weight excluding hydrogens is 206 g/mol. The summed E-state index contributed by atoms with van der Waals surface area (Å²) >= 11 is 1.73. The molecule has 15 heavy (non-hydrogen) atoms. The van der Waals surface area contributed by atoms with Gasteiger partial charge >= 0.3 is 0 Å². The molecular formula is C12H15NOS. The third kappa shape index (κ3) is 2.49. The van der Waals surface area contributed by atoms with Crippen molar-refractivity contribution in [1.82, 2.24) is 5.32 Å². The number of rotatable bonds is 4. The number of hydrogen-bond acceptors (Lipinski definition) is 3. The highest BCUT2D eigenvalue weighted by Gasteiger charge is 2.12. The van der Waals surface area contributed by atoms with Gasteiger partial charge < -0.3 is 9.73 Å². The molecule has 2 atom stereocenters. The molecule has 0 aliphatic rings. The molecule has 3 heteroatoms. The van der Waals surface area contributed by atoms with E-state index < -0.39 is 0 Å². The molecule has 2 nitrogen and oxygen atoms in total. The first-order chi connectivity index (χ1) is 7.27. The van der Waals surface area contributed by atoms with Gasteiger partial charge in [0.25, 0.3) is 0 Å². The van der Waals surface area contributed by atoms with Crippen molar-refractivity contribution in [3.05, 3.63) is 46.5 Å². The Morgan fingerprint density at radius 2 is 2.13 bits per heavy atom. The average molecular weight is 221 g/mol. The van der Waals surface area contributed by atoms with Crippen molar-refractivity contribution in [3.63, 3.8) is 0 Å². The Hall–Kier alpha value is -1.06. The van der Waals surface area contributed by atoms with E-state index in [9.17, 15) is 0 Å². The highest BCUT2D eigenvalue weighted by Crippen LogP contribution is 2.20. The predicted molar refractivity (Wildman–Crippen MR) is 63.0 cm³/mol. The van der Waals surface area contributed by atoms with Crippen molar-refractivity contribution >= 4 is 11.3 Å². The van der Waals surface area contributed by atoms with Crippen molar-refractivity contribution in [1.29, 1.82) is 0 Å². The van der Waals surface area contributed by atoms with E-state index in [1.165, 1.54) is 5.56 Å².